The van der Waals surface area contributed by atoms with Gasteiger partial charge in [0.05, 0.1) is 0 Å². The highest BCUT2D eigenvalue weighted by molar-refractivity contribution is 5.89. The van der Waals surface area contributed by atoms with E-state index in [2.05, 4.69) is 0 Å². The second-order valence-electron chi connectivity index (χ2n) is 5.57. The van der Waals surface area contributed by atoms with E-state index in [9.17, 15) is 14.7 Å². The lowest BCUT2D eigenvalue weighted by atomic mass is 9.61. The summed E-state index contributed by atoms with van der Waals surface area (Å²) in [6.07, 6.45) is 1.16. The number of aliphatic hydroxyl groups is 1. The van der Waals surface area contributed by atoms with Gasteiger partial charge in [-0.2, -0.15) is 0 Å². The third-order valence-electron chi connectivity index (χ3n) is 4.39. The predicted octanol–water partition coefficient (Wildman–Crippen LogP) is 1.26. The lowest BCUT2D eigenvalue weighted by Gasteiger charge is -2.41. The topological polar surface area (TPSA) is 63.6 Å². The van der Waals surface area contributed by atoms with Crippen molar-refractivity contribution in [3.63, 3.8) is 0 Å². The molecule has 1 N–H and O–H groups in total. The second-order valence-corrected chi connectivity index (χ2v) is 5.57. The second kappa shape index (κ2) is 4.17. The van der Waals surface area contributed by atoms with E-state index < -0.39 is 11.0 Å². The number of hydrogen-bond donors (Lipinski definition) is 1. The molecule has 0 radical (unpaired) electrons. The maximum Gasteiger partial charge on any atom is 0.315 e. The minimum absolute atomic E-state index is 0.00415. The molecule has 1 heterocycles. The first-order valence-corrected chi connectivity index (χ1v) is 6.51. The van der Waals surface area contributed by atoms with E-state index in [1.165, 1.54) is 0 Å². The van der Waals surface area contributed by atoms with Crippen LogP contribution in [0.4, 0.5) is 0 Å². The molecule has 0 amide bonds. The number of Topliss-reactive ketones (excluding diaryl/α,β-unsaturated/α-hetero) is 1. The molecular weight excluding hydrogens is 244 g/mol. The summed E-state index contributed by atoms with van der Waals surface area (Å²) in [5.41, 5.74) is -1.31. The zero-order valence-electron chi connectivity index (χ0n) is 10.6. The minimum Gasteiger partial charge on any atom is -0.462 e. The molecule has 0 spiro atoms. The Morgan fingerprint density at radius 3 is 2.68 bits per heavy atom. The van der Waals surface area contributed by atoms with E-state index in [4.69, 9.17) is 4.74 Å². The Hall–Kier alpha value is -1.68. The summed E-state index contributed by atoms with van der Waals surface area (Å²) in [5, 5.41) is 10.7. The maximum absolute atomic E-state index is 12.2. The molecule has 2 aliphatic rings. The zero-order valence-corrected chi connectivity index (χ0v) is 10.6. The molecule has 2 fully saturated rings. The first-order valence-electron chi connectivity index (χ1n) is 6.51. The minimum atomic E-state index is -1.34. The number of esters is 1. The van der Waals surface area contributed by atoms with Crippen LogP contribution in [0.5, 0.6) is 0 Å². The monoisotopic (exact) mass is 260 g/mol. The number of cyclic esters (lactones) is 1. The Balaban J connectivity index is 1.98. The predicted molar refractivity (Wildman–Crippen MR) is 67.3 cm³/mol. The smallest absolute Gasteiger partial charge is 0.315 e. The van der Waals surface area contributed by atoms with Gasteiger partial charge in [0.25, 0.3) is 0 Å². The molecule has 1 aliphatic heterocycles. The van der Waals surface area contributed by atoms with Gasteiger partial charge >= 0.3 is 5.97 Å². The van der Waals surface area contributed by atoms with Gasteiger partial charge in [0, 0.05) is 12.8 Å². The third kappa shape index (κ3) is 1.78. The first-order chi connectivity index (χ1) is 9.06. The van der Waals surface area contributed by atoms with Crippen molar-refractivity contribution in [3.8, 4) is 0 Å². The van der Waals surface area contributed by atoms with E-state index in [0.717, 1.165) is 5.56 Å². The summed E-state index contributed by atoms with van der Waals surface area (Å²) >= 11 is 0. The fourth-order valence-electron chi connectivity index (χ4n) is 3.24. The molecule has 0 bridgehead atoms. The number of rotatable bonds is 2. The molecule has 1 aromatic carbocycles. The Morgan fingerprint density at radius 1 is 1.21 bits per heavy atom. The van der Waals surface area contributed by atoms with Gasteiger partial charge in [-0.05, 0) is 18.4 Å². The molecule has 0 unspecified atom stereocenters. The molecule has 3 rings (SSSR count). The Morgan fingerprint density at radius 2 is 1.95 bits per heavy atom. The Kier molecular flexibility index (Phi) is 2.71. The lowest BCUT2D eigenvalue weighted by Crippen LogP contribution is -2.54. The van der Waals surface area contributed by atoms with Crippen molar-refractivity contribution < 1.29 is 19.4 Å². The van der Waals surface area contributed by atoms with Crippen LogP contribution in [0.1, 0.15) is 24.8 Å². The maximum atomic E-state index is 12.2. The van der Waals surface area contributed by atoms with Crippen molar-refractivity contribution in [1.82, 2.24) is 0 Å². The van der Waals surface area contributed by atoms with Gasteiger partial charge in [0.1, 0.15) is 23.4 Å². The van der Waals surface area contributed by atoms with Crippen molar-refractivity contribution in [2.75, 3.05) is 6.61 Å². The van der Waals surface area contributed by atoms with Gasteiger partial charge in [-0.1, -0.05) is 30.3 Å². The van der Waals surface area contributed by atoms with Crippen LogP contribution in [0.25, 0.3) is 0 Å². The highest BCUT2D eigenvalue weighted by Gasteiger charge is 2.64. The van der Waals surface area contributed by atoms with Crippen molar-refractivity contribution in [1.29, 1.82) is 0 Å². The number of ether oxygens (including phenoxy) is 1. The standard InChI is InChI=1S/C15H16O4/c16-12-6-7-14(8-11-4-2-1-3-5-11)13(17)19-10-15(14,18)9-12/h1-5,18H,6-10H2/t14-,15+/m0/s1. The lowest BCUT2D eigenvalue weighted by molar-refractivity contribution is -0.154. The highest BCUT2D eigenvalue weighted by atomic mass is 16.6. The molecule has 1 saturated carbocycles. The third-order valence-corrected chi connectivity index (χ3v) is 4.39. The summed E-state index contributed by atoms with van der Waals surface area (Å²) in [6.45, 7) is -0.0651. The summed E-state index contributed by atoms with van der Waals surface area (Å²) < 4.78 is 5.09. The van der Waals surface area contributed by atoms with Crippen LogP contribution in [0, 0.1) is 5.41 Å². The quantitative estimate of drug-likeness (QED) is 0.813. The molecule has 1 aliphatic carbocycles. The fraction of sp³-hybridized carbons (Fsp3) is 0.467. The molecule has 4 nitrogen and oxygen atoms in total. The van der Waals surface area contributed by atoms with Crippen molar-refractivity contribution in [2.24, 2.45) is 5.41 Å². The first kappa shape index (κ1) is 12.4. The van der Waals surface area contributed by atoms with E-state index in [0.29, 0.717) is 19.3 Å². The van der Waals surface area contributed by atoms with E-state index in [1.54, 1.807) is 0 Å². The van der Waals surface area contributed by atoms with Gasteiger partial charge in [-0.3, -0.25) is 9.59 Å². The molecule has 4 heteroatoms. The number of carbonyl (C=O) groups is 2. The van der Waals surface area contributed by atoms with E-state index in [1.807, 2.05) is 30.3 Å². The molecule has 100 valence electrons. The molecule has 2 atom stereocenters. The SMILES string of the molecule is O=C1CC[C@]2(Cc3ccccc3)C(=O)OC[C@]2(O)C1. The molecular formula is C15H16O4. The van der Waals surface area contributed by atoms with E-state index >= 15 is 0 Å². The summed E-state index contributed by atoms with van der Waals surface area (Å²) in [7, 11) is 0. The number of ketones is 1. The van der Waals surface area contributed by atoms with Gasteiger partial charge in [0.15, 0.2) is 0 Å². The van der Waals surface area contributed by atoms with Crippen LogP contribution in [0.3, 0.4) is 0 Å². The van der Waals surface area contributed by atoms with Crippen LogP contribution in [-0.4, -0.2) is 29.1 Å². The summed E-state index contributed by atoms with van der Waals surface area (Å²) in [6, 6.07) is 9.57. The van der Waals surface area contributed by atoms with E-state index in [-0.39, 0.29) is 24.8 Å². The van der Waals surface area contributed by atoms with Crippen molar-refractivity contribution in [2.45, 2.75) is 31.3 Å². The zero-order chi connectivity index (χ0) is 13.5. The van der Waals surface area contributed by atoms with Gasteiger partial charge in [-0.25, -0.2) is 0 Å². The van der Waals surface area contributed by atoms with Crippen LogP contribution in [-0.2, 0) is 20.7 Å². The van der Waals surface area contributed by atoms with Gasteiger partial charge in [0.2, 0.25) is 0 Å². The van der Waals surface area contributed by atoms with Crippen molar-refractivity contribution in [3.05, 3.63) is 35.9 Å². The fourth-order valence-corrected chi connectivity index (χ4v) is 3.24. The average Bonchev–Trinajstić information content (AvgIpc) is 2.64. The Bertz CT molecular complexity index is 524. The van der Waals surface area contributed by atoms with Crippen molar-refractivity contribution >= 4 is 11.8 Å². The van der Waals surface area contributed by atoms with Crippen LogP contribution in [0.15, 0.2) is 30.3 Å². The highest BCUT2D eigenvalue weighted by Crippen LogP contribution is 2.50. The number of fused-ring (bicyclic) bond motifs is 1. The van der Waals surface area contributed by atoms with Crippen LogP contribution >= 0.6 is 0 Å². The number of benzene rings is 1. The normalized spacial score (nSPS) is 33.9. The number of carbonyl (C=O) groups excluding carboxylic acids is 2. The van der Waals surface area contributed by atoms with Crippen LogP contribution < -0.4 is 0 Å². The summed E-state index contributed by atoms with van der Waals surface area (Å²) in [5.74, 6) is -0.365. The molecule has 19 heavy (non-hydrogen) atoms. The van der Waals surface area contributed by atoms with Gasteiger partial charge < -0.3 is 9.84 Å². The van der Waals surface area contributed by atoms with Crippen LogP contribution in [0.2, 0.25) is 0 Å². The molecule has 1 aromatic rings. The Labute approximate surface area is 111 Å². The molecule has 1 saturated heterocycles. The number of hydrogen-bond acceptors (Lipinski definition) is 4. The molecule has 0 aromatic heterocycles. The summed E-state index contributed by atoms with van der Waals surface area (Å²) in [4.78, 5) is 23.7. The largest absolute Gasteiger partial charge is 0.462 e. The van der Waals surface area contributed by atoms with Gasteiger partial charge in [-0.15, -0.1) is 0 Å². The average molecular weight is 260 g/mol.